The minimum atomic E-state index is 0.391. The molecular weight excluding hydrogens is 697 g/mol. The van der Waals surface area contributed by atoms with Crippen LogP contribution in [0.2, 0.25) is 0 Å². The maximum atomic E-state index is 5.13. The SMILES string of the molecule is C=Cc1nc(-c2ccc(-c3cc(CN=C(N=C(N=C)c4ccccc4)c4ccccc4)cc(-c4cccc(-c5ccccc5)c4)c3)cc2)c2ccncc2c1N=C. The van der Waals surface area contributed by atoms with Gasteiger partial charge in [0.15, 0.2) is 11.7 Å². The third-order valence-corrected chi connectivity index (χ3v) is 9.78. The molecule has 57 heavy (non-hydrogen) atoms. The largest absolute Gasteiger partial charge is 0.264 e. The van der Waals surface area contributed by atoms with Crippen LogP contribution >= 0.6 is 0 Å². The van der Waals surface area contributed by atoms with E-state index in [4.69, 9.17) is 15.0 Å². The van der Waals surface area contributed by atoms with Crippen molar-refractivity contribution in [3.63, 3.8) is 0 Å². The van der Waals surface area contributed by atoms with Crippen molar-refractivity contribution in [3.8, 4) is 44.6 Å². The molecule has 0 bridgehead atoms. The normalized spacial score (nSPS) is 11.6. The number of benzene rings is 6. The molecule has 6 heteroatoms. The van der Waals surface area contributed by atoms with Crippen molar-refractivity contribution in [1.29, 1.82) is 0 Å². The molecule has 0 saturated carbocycles. The van der Waals surface area contributed by atoms with Crippen LogP contribution in [0.25, 0.3) is 61.5 Å². The highest BCUT2D eigenvalue weighted by Crippen LogP contribution is 2.37. The summed E-state index contributed by atoms with van der Waals surface area (Å²) >= 11 is 0. The number of nitrogens with zero attached hydrogens (tertiary/aromatic N) is 6. The molecule has 0 aliphatic carbocycles. The van der Waals surface area contributed by atoms with E-state index in [1.165, 1.54) is 5.56 Å². The molecule has 0 spiro atoms. The molecule has 0 amide bonds. The molecule has 0 radical (unpaired) electrons. The molecule has 6 nitrogen and oxygen atoms in total. The molecule has 272 valence electrons. The first kappa shape index (κ1) is 36.3. The Balaban J connectivity index is 1.23. The standard InChI is InChI=1S/C51H38N6/c1-4-47-49(52-2)46-34-54-28-27-45(46)48(56-47)38-25-23-37(24-26-38)43-29-35(30-44(32-43)42-22-14-21-41(31-42)36-15-8-5-9-16-36)33-55-51(40-19-12-7-13-20-40)57-50(53-3)39-17-10-6-11-18-39/h4-32,34H,1-3,33H2. The van der Waals surface area contributed by atoms with Gasteiger partial charge in [-0.15, -0.1) is 0 Å². The average Bonchev–Trinajstić information content (AvgIpc) is 3.29. The maximum Gasteiger partial charge on any atom is 0.161 e. The van der Waals surface area contributed by atoms with Crippen LogP contribution < -0.4 is 0 Å². The second-order valence-corrected chi connectivity index (χ2v) is 13.4. The van der Waals surface area contributed by atoms with Gasteiger partial charge >= 0.3 is 0 Å². The van der Waals surface area contributed by atoms with E-state index in [-0.39, 0.29) is 0 Å². The topological polar surface area (TPSA) is 75.2 Å². The molecule has 8 rings (SSSR count). The van der Waals surface area contributed by atoms with Gasteiger partial charge < -0.3 is 0 Å². The van der Waals surface area contributed by atoms with Crippen molar-refractivity contribution >= 4 is 47.6 Å². The van der Waals surface area contributed by atoms with Gasteiger partial charge in [0, 0.05) is 39.9 Å². The van der Waals surface area contributed by atoms with Crippen molar-refractivity contribution in [2.24, 2.45) is 20.0 Å². The predicted molar refractivity (Wildman–Crippen MR) is 240 cm³/mol. The van der Waals surface area contributed by atoms with Gasteiger partial charge in [-0.3, -0.25) is 15.0 Å². The van der Waals surface area contributed by atoms with Crippen molar-refractivity contribution < 1.29 is 0 Å². The first-order valence-electron chi connectivity index (χ1n) is 18.6. The summed E-state index contributed by atoms with van der Waals surface area (Å²) in [6, 6.07) is 56.1. The van der Waals surface area contributed by atoms with Gasteiger partial charge in [-0.1, -0.05) is 140 Å². The lowest BCUT2D eigenvalue weighted by Gasteiger charge is -2.13. The Bertz CT molecular complexity index is 2790. The smallest absolute Gasteiger partial charge is 0.161 e. The number of aliphatic imine (C=N–C) groups is 4. The van der Waals surface area contributed by atoms with Crippen LogP contribution in [0.5, 0.6) is 0 Å². The molecule has 0 unspecified atom stereocenters. The molecule has 0 aliphatic rings. The summed E-state index contributed by atoms with van der Waals surface area (Å²) in [7, 11) is 0. The monoisotopic (exact) mass is 734 g/mol. The summed E-state index contributed by atoms with van der Waals surface area (Å²) in [5.74, 6) is 1.09. The summed E-state index contributed by atoms with van der Waals surface area (Å²) in [5.41, 5.74) is 12.6. The first-order chi connectivity index (χ1) is 28.1. The van der Waals surface area contributed by atoms with Gasteiger partial charge in [-0.2, -0.15) is 0 Å². The highest BCUT2D eigenvalue weighted by atomic mass is 15.0. The maximum absolute atomic E-state index is 5.13. The van der Waals surface area contributed by atoms with Crippen molar-refractivity contribution in [1.82, 2.24) is 9.97 Å². The number of hydrogen-bond donors (Lipinski definition) is 0. The second-order valence-electron chi connectivity index (χ2n) is 13.4. The number of rotatable bonds is 10. The molecule has 0 fully saturated rings. The van der Waals surface area contributed by atoms with E-state index in [0.29, 0.717) is 29.6 Å². The first-order valence-corrected chi connectivity index (χ1v) is 18.6. The molecule has 2 aromatic heterocycles. The zero-order chi connectivity index (χ0) is 39.0. The van der Waals surface area contributed by atoms with Crippen molar-refractivity contribution in [3.05, 3.63) is 205 Å². The Hall–Kier alpha value is -7.70. The van der Waals surface area contributed by atoms with E-state index in [1.807, 2.05) is 72.8 Å². The minimum absolute atomic E-state index is 0.391. The van der Waals surface area contributed by atoms with Gasteiger partial charge in [0.25, 0.3) is 0 Å². The zero-order valence-corrected chi connectivity index (χ0v) is 31.3. The van der Waals surface area contributed by atoms with Crippen LogP contribution in [-0.4, -0.2) is 35.1 Å². The average molecular weight is 735 g/mol. The lowest BCUT2D eigenvalue weighted by molar-refractivity contribution is 1.06. The fourth-order valence-corrected chi connectivity index (χ4v) is 6.96. The molecule has 2 heterocycles. The second kappa shape index (κ2) is 16.8. The number of pyridine rings is 2. The highest BCUT2D eigenvalue weighted by Gasteiger charge is 2.15. The van der Waals surface area contributed by atoms with E-state index in [2.05, 4.69) is 126 Å². The quantitative estimate of drug-likeness (QED) is 0.104. The van der Waals surface area contributed by atoms with Gasteiger partial charge in [-0.25, -0.2) is 15.0 Å². The van der Waals surface area contributed by atoms with E-state index in [1.54, 1.807) is 18.5 Å². The number of amidine groups is 2. The summed E-state index contributed by atoms with van der Waals surface area (Å²) in [6.07, 6.45) is 5.29. The van der Waals surface area contributed by atoms with Crippen LogP contribution in [0, 0.1) is 0 Å². The van der Waals surface area contributed by atoms with E-state index in [9.17, 15) is 0 Å². The Morgan fingerprint density at radius 3 is 1.75 bits per heavy atom. The summed E-state index contributed by atoms with van der Waals surface area (Å²) < 4.78 is 0. The van der Waals surface area contributed by atoms with Crippen LogP contribution in [0.4, 0.5) is 5.69 Å². The number of fused-ring (bicyclic) bond motifs is 1. The molecule has 0 saturated heterocycles. The third-order valence-electron chi connectivity index (χ3n) is 9.78. The molecule has 6 aromatic carbocycles. The van der Waals surface area contributed by atoms with E-state index in [0.717, 1.165) is 66.5 Å². The summed E-state index contributed by atoms with van der Waals surface area (Å²) in [5, 5.41) is 1.83. The van der Waals surface area contributed by atoms with Gasteiger partial charge in [0.2, 0.25) is 0 Å². The van der Waals surface area contributed by atoms with Crippen LogP contribution in [0.1, 0.15) is 22.4 Å². The molecule has 0 aliphatic heterocycles. The van der Waals surface area contributed by atoms with Gasteiger partial charge in [-0.05, 0) is 88.8 Å². The lowest BCUT2D eigenvalue weighted by Crippen LogP contribution is -2.05. The Kier molecular flexibility index (Phi) is 10.7. The van der Waals surface area contributed by atoms with Crippen molar-refractivity contribution in [2.45, 2.75) is 6.54 Å². The molecule has 8 aromatic rings. The van der Waals surface area contributed by atoms with Gasteiger partial charge in [0.1, 0.15) is 0 Å². The zero-order valence-electron chi connectivity index (χ0n) is 31.3. The fraction of sp³-hybridized carbons (Fsp3) is 0.0196. The Morgan fingerprint density at radius 1 is 0.544 bits per heavy atom. The fourth-order valence-electron chi connectivity index (χ4n) is 6.96. The molecule has 0 N–H and O–H groups in total. The Labute approximate surface area is 332 Å². The third kappa shape index (κ3) is 7.93. The summed E-state index contributed by atoms with van der Waals surface area (Å²) in [6.45, 7) is 12.0. The predicted octanol–water partition coefficient (Wildman–Crippen LogP) is 12.4. The minimum Gasteiger partial charge on any atom is -0.264 e. The van der Waals surface area contributed by atoms with Crippen molar-refractivity contribution in [2.75, 3.05) is 0 Å². The molecule has 0 atom stereocenters. The number of hydrogen-bond acceptors (Lipinski definition) is 4. The number of aromatic nitrogens is 2. The highest BCUT2D eigenvalue weighted by molar-refractivity contribution is 6.12. The molecular formula is C51H38N6. The van der Waals surface area contributed by atoms with Crippen LogP contribution in [-0.2, 0) is 6.54 Å². The van der Waals surface area contributed by atoms with E-state index < -0.39 is 0 Å². The summed E-state index contributed by atoms with van der Waals surface area (Å²) in [4.78, 5) is 27.9. The van der Waals surface area contributed by atoms with Gasteiger partial charge in [0.05, 0.1) is 23.6 Å². The Morgan fingerprint density at radius 2 is 1.11 bits per heavy atom. The van der Waals surface area contributed by atoms with Crippen LogP contribution in [0.15, 0.2) is 203 Å². The lowest BCUT2D eigenvalue weighted by atomic mass is 9.93. The van der Waals surface area contributed by atoms with Crippen LogP contribution in [0.3, 0.4) is 0 Å². The van der Waals surface area contributed by atoms with E-state index >= 15 is 0 Å².